The van der Waals surface area contributed by atoms with Crippen molar-refractivity contribution in [1.82, 2.24) is 4.98 Å². The van der Waals surface area contributed by atoms with Gasteiger partial charge in [-0.05, 0) is 38.3 Å². The summed E-state index contributed by atoms with van der Waals surface area (Å²) in [5.41, 5.74) is 7.22. The molecular weight excluding hydrogens is 248 g/mol. The summed E-state index contributed by atoms with van der Waals surface area (Å²) >= 11 is 4.99. The number of hydrogen-bond donors (Lipinski definition) is 1. The minimum Gasteiger partial charge on any atom is -0.474 e. The Bertz CT molecular complexity index is 431. The Hall–Kier alpha value is -1.20. The Morgan fingerprint density at radius 2 is 2.39 bits per heavy atom. The molecule has 0 amide bonds. The standard InChI is InChI=1S/C13H18N2O2S/c1-9-5-6-11(12(14)18)13(15-9)17-8-10-4-2-3-7-16-10/h5-6,10H,2-4,7-8H2,1H3,(H2,14,18). The molecule has 1 unspecified atom stereocenters. The van der Waals surface area contributed by atoms with Gasteiger partial charge in [0.15, 0.2) is 0 Å². The lowest BCUT2D eigenvalue weighted by Gasteiger charge is -2.22. The van der Waals surface area contributed by atoms with Crippen molar-refractivity contribution in [3.05, 3.63) is 23.4 Å². The van der Waals surface area contributed by atoms with Gasteiger partial charge in [0, 0.05) is 12.3 Å². The van der Waals surface area contributed by atoms with Crippen molar-refractivity contribution < 1.29 is 9.47 Å². The molecule has 5 heteroatoms. The molecule has 1 aromatic heterocycles. The van der Waals surface area contributed by atoms with Gasteiger partial charge < -0.3 is 15.2 Å². The predicted molar refractivity (Wildman–Crippen MR) is 73.9 cm³/mol. The van der Waals surface area contributed by atoms with Gasteiger partial charge in [0.25, 0.3) is 0 Å². The number of thiocarbonyl (C=S) groups is 1. The van der Waals surface area contributed by atoms with Gasteiger partial charge in [-0.1, -0.05) is 12.2 Å². The molecule has 0 aromatic carbocycles. The van der Waals surface area contributed by atoms with E-state index in [4.69, 9.17) is 27.4 Å². The molecule has 1 saturated heterocycles. The van der Waals surface area contributed by atoms with Crippen LogP contribution in [-0.4, -0.2) is 29.3 Å². The number of nitrogens with two attached hydrogens (primary N) is 1. The zero-order valence-corrected chi connectivity index (χ0v) is 11.3. The first kappa shape index (κ1) is 13.2. The Morgan fingerprint density at radius 1 is 1.56 bits per heavy atom. The van der Waals surface area contributed by atoms with Crippen LogP contribution in [0.1, 0.15) is 30.5 Å². The molecule has 0 saturated carbocycles. The SMILES string of the molecule is Cc1ccc(C(N)=S)c(OCC2CCCCO2)n1. The maximum absolute atomic E-state index is 5.72. The van der Waals surface area contributed by atoms with Gasteiger partial charge in [0.05, 0.1) is 11.7 Å². The van der Waals surface area contributed by atoms with E-state index in [1.54, 1.807) is 0 Å². The van der Waals surface area contributed by atoms with Crippen LogP contribution in [0.2, 0.25) is 0 Å². The quantitative estimate of drug-likeness (QED) is 0.844. The lowest BCUT2D eigenvalue weighted by atomic mass is 10.1. The van der Waals surface area contributed by atoms with Crippen molar-refractivity contribution in [2.75, 3.05) is 13.2 Å². The predicted octanol–water partition coefficient (Wildman–Crippen LogP) is 1.97. The van der Waals surface area contributed by atoms with E-state index in [1.807, 2.05) is 19.1 Å². The summed E-state index contributed by atoms with van der Waals surface area (Å²) in [6.45, 7) is 3.23. The molecule has 1 aliphatic heterocycles. The number of aryl methyl sites for hydroxylation is 1. The second-order valence-corrected chi connectivity index (χ2v) is 4.91. The fourth-order valence-electron chi connectivity index (χ4n) is 1.94. The van der Waals surface area contributed by atoms with Gasteiger partial charge in [0.2, 0.25) is 5.88 Å². The molecule has 0 bridgehead atoms. The highest BCUT2D eigenvalue weighted by molar-refractivity contribution is 7.80. The number of ether oxygens (including phenoxy) is 2. The third-order valence-corrected chi connectivity index (χ3v) is 3.16. The number of rotatable bonds is 4. The van der Waals surface area contributed by atoms with Crippen molar-refractivity contribution in [2.45, 2.75) is 32.3 Å². The van der Waals surface area contributed by atoms with Crippen molar-refractivity contribution >= 4 is 17.2 Å². The zero-order valence-electron chi connectivity index (χ0n) is 10.5. The molecular formula is C13H18N2O2S. The van der Waals surface area contributed by atoms with E-state index in [-0.39, 0.29) is 6.10 Å². The van der Waals surface area contributed by atoms with Gasteiger partial charge in [-0.25, -0.2) is 4.98 Å². The van der Waals surface area contributed by atoms with Crippen molar-refractivity contribution in [1.29, 1.82) is 0 Å². The average molecular weight is 266 g/mol. The van der Waals surface area contributed by atoms with E-state index in [1.165, 1.54) is 6.42 Å². The van der Waals surface area contributed by atoms with Gasteiger partial charge in [0.1, 0.15) is 11.6 Å². The third-order valence-electron chi connectivity index (χ3n) is 2.94. The van der Waals surface area contributed by atoms with Crippen molar-refractivity contribution in [3.63, 3.8) is 0 Å². The van der Waals surface area contributed by atoms with Crippen LogP contribution in [-0.2, 0) is 4.74 Å². The first-order chi connectivity index (χ1) is 8.66. The summed E-state index contributed by atoms with van der Waals surface area (Å²) in [5.74, 6) is 0.511. The molecule has 4 nitrogen and oxygen atoms in total. The van der Waals surface area contributed by atoms with E-state index in [2.05, 4.69) is 4.98 Å². The molecule has 2 rings (SSSR count). The third kappa shape index (κ3) is 3.40. The highest BCUT2D eigenvalue weighted by Crippen LogP contribution is 2.18. The minimum absolute atomic E-state index is 0.153. The molecule has 98 valence electrons. The molecule has 18 heavy (non-hydrogen) atoms. The first-order valence-corrected chi connectivity index (χ1v) is 6.59. The van der Waals surface area contributed by atoms with E-state index in [0.29, 0.717) is 23.0 Å². The lowest BCUT2D eigenvalue weighted by Crippen LogP contribution is -2.26. The molecule has 1 aromatic rings. The Morgan fingerprint density at radius 3 is 3.06 bits per heavy atom. The van der Waals surface area contributed by atoms with Gasteiger partial charge in [-0.15, -0.1) is 0 Å². The van der Waals surface area contributed by atoms with Gasteiger partial charge in [-0.3, -0.25) is 0 Å². The fourth-order valence-corrected chi connectivity index (χ4v) is 2.10. The van der Waals surface area contributed by atoms with Crippen LogP contribution >= 0.6 is 12.2 Å². The first-order valence-electron chi connectivity index (χ1n) is 6.18. The Balaban J connectivity index is 2.03. The molecule has 2 heterocycles. The molecule has 1 fully saturated rings. The molecule has 0 aliphatic carbocycles. The highest BCUT2D eigenvalue weighted by Gasteiger charge is 2.16. The van der Waals surface area contributed by atoms with Crippen LogP contribution in [0.3, 0.4) is 0 Å². The lowest BCUT2D eigenvalue weighted by molar-refractivity contribution is -0.0120. The monoisotopic (exact) mass is 266 g/mol. The number of pyridine rings is 1. The van der Waals surface area contributed by atoms with E-state index in [9.17, 15) is 0 Å². The number of hydrogen-bond acceptors (Lipinski definition) is 4. The number of aromatic nitrogens is 1. The Kier molecular flexibility index (Phi) is 4.49. The zero-order chi connectivity index (χ0) is 13.0. The summed E-state index contributed by atoms with van der Waals surface area (Å²) in [4.78, 5) is 4.64. The van der Waals surface area contributed by atoms with Crippen LogP contribution in [0.15, 0.2) is 12.1 Å². The molecule has 0 spiro atoms. The van der Waals surface area contributed by atoms with Crippen molar-refractivity contribution in [2.24, 2.45) is 5.73 Å². The largest absolute Gasteiger partial charge is 0.474 e. The van der Waals surface area contributed by atoms with Crippen molar-refractivity contribution in [3.8, 4) is 5.88 Å². The normalized spacial score (nSPS) is 19.5. The number of nitrogens with zero attached hydrogens (tertiary/aromatic N) is 1. The van der Waals surface area contributed by atoms with Crippen LogP contribution in [0.4, 0.5) is 0 Å². The second kappa shape index (κ2) is 6.11. The summed E-state index contributed by atoms with van der Waals surface area (Å²) in [6.07, 6.45) is 3.52. The van der Waals surface area contributed by atoms with Crippen LogP contribution in [0, 0.1) is 6.92 Å². The van der Waals surface area contributed by atoms with Gasteiger partial charge >= 0.3 is 0 Å². The fraction of sp³-hybridized carbons (Fsp3) is 0.538. The second-order valence-electron chi connectivity index (χ2n) is 4.47. The maximum atomic E-state index is 5.72. The summed E-state index contributed by atoms with van der Waals surface area (Å²) in [6, 6.07) is 3.72. The highest BCUT2D eigenvalue weighted by atomic mass is 32.1. The van der Waals surface area contributed by atoms with E-state index < -0.39 is 0 Å². The molecule has 1 aliphatic rings. The topological polar surface area (TPSA) is 57.4 Å². The minimum atomic E-state index is 0.153. The molecule has 2 N–H and O–H groups in total. The summed E-state index contributed by atoms with van der Waals surface area (Å²) in [7, 11) is 0. The van der Waals surface area contributed by atoms with Crippen LogP contribution < -0.4 is 10.5 Å². The summed E-state index contributed by atoms with van der Waals surface area (Å²) in [5, 5.41) is 0. The molecule has 0 radical (unpaired) electrons. The van der Waals surface area contributed by atoms with E-state index >= 15 is 0 Å². The van der Waals surface area contributed by atoms with Crippen LogP contribution in [0.5, 0.6) is 5.88 Å². The average Bonchev–Trinajstić information content (AvgIpc) is 2.37. The molecule has 1 atom stereocenters. The van der Waals surface area contributed by atoms with E-state index in [0.717, 1.165) is 25.1 Å². The van der Waals surface area contributed by atoms with Gasteiger partial charge in [-0.2, -0.15) is 0 Å². The Labute approximate surface area is 112 Å². The maximum Gasteiger partial charge on any atom is 0.224 e. The smallest absolute Gasteiger partial charge is 0.224 e. The van der Waals surface area contributed by atoms with Crippen LogP contribution in [0.25, 0.3) is 0 Å². The summed E-state index contributed by atoms with van der Waals surface area (Å²) < 4.78 is 11.3.